The maximum atomic E-state index is 14.4. The number of nitrogens with zero attached hydrogens (tertiary/aromatic N) is 2. The van der Waals surface area contributed by atoms with E-state index in [1.807, 2.05) is 121 Å². The van der Waals surface area contributed by atoms with Crippen LogP contribution >= 0.6 is 0 Å². The Balaban J connectivity index is 1.07. The van der Waals surface area contributed by atoms with Crippen molar-refractivity contribution in [1.82, 2.24) is 31.1 Å². The molecule has 67 heavy (non-hydrogen) atoms. The highest BCUT2D eigenvalue weighted by Crippen LogP contribution is 2.32. The summed E-state index contributed by atoms with van der Waals surface area (Å²) in [5, 5.41) is 12.2. The quantitative estimate of drug-likeness (QED) is 0.0572. The van der Waals surface area contributed by atoms with Gasteiger partial charge in [-0.05, 0) is 74.8 Å². The topological polar surface area (TPSA) is 157 Å². The van der Waals surface area contributed by atoms with Crippen molar-refractivity contribution in [2.24, 2.45) is 5.92 Å². The molecule has 0 aliphatic carbocycles. The van der Waals surface area contributed by atoms with Crippen molar-refractivity contribution in [2.75, 3.05) is 20.1 Å². The van der Waals surface area contributed by atoms with Crippen molar-refractivity contribution in [3.63, 3.8) is 0 Å². The second-order valence-corrected chi connectivity index (χ2v) is 18.5. The summed E-state index contributed by atoms with van der Waals surface area (Å²) in [5.74, 6) is -1.72. The molecule has 2 aliphatic heterocycles. The summed E-state index contributed by atoms with van der Waals surface area (Å²) in [4.78, 5) is 86.6. The molecule has 2 aliphatic rings. The lowest BCUT2D eigenvalue weighted by atomic mass is 9.85. The standard InChI is InChI=1S/C55H70N6O6/c1-38(2)51(63)57-45(55(67)61-36-22-34-48(61)53(65)59-50(42-27-15-9-16-28-42)43-29-17-10-18-30-43)31-19-5-6-20-32-46(58-52(64)39(3)56-4)54(66)60-35-21-33-47(60)49(62)37-44(40-23-11-7-12-24-40)41-25-13-8-14-26-41/h7-18,23-30,38-39,44-48,50,56H,5-6,19-22,31-37H2,1-4H3,(H,57,63)(H,58,64)(H,59,65)/t39-,45-,46-,47-,48-/m0/s1. The molecule has 2 fully saturated rings. The fraction of sp³-hybridized carbons (Fsp3) is 0.455. The molecule has 4 aromatic rings. The third-order valence-electron chi connectivity index (χ3n) is 13.4. The van der Waals surface area contributed by atoms with Gasteiger partial charge in [0.05, 0.1) is 18.1 Å². The van der Waals surface area contributed by atoms with Crippen LogP contribution in [0.4, 0.5) is 0 Å². The normalized spacial score (nSPS) is 17.3. The van der Waals surface area contributed by atoms with Crippen molar-refractivity contribution < 1.29 is 28.8 Å². The van der Waals surface area contributed by atoms with Gasteiger partial charge in [0.15, 0.2) is 5.78 Å². The number of carbonyl (C=O) groups excluding carboxylic acids is 6. The van der Waals surface area contributed by atoms with Crippen LogP contribution in [-0.2, 0) is 28.8 Å². The summed E-state index contributed by atoms with van der Waals surface area (Å²) in [6, 6.07) is 35.8. The Morgan fingerprint density at radius 1 is 0.537 bits per heavy atom. The number of amides is 5. The Bertz CT molecular complexity index is 2150. The van der Waals surface area contributed by atoms with Crippen LogP contribution in [0, 0.1) is 5.92 Å². The lowest BCUT2D eigenvalue weighted by Crippen LogP contribution is -2.54. The lowest BCUT2D eigenvalue weighted by Gasteiger charge is -2.31. The first kappa shape index (κ1) is 50.3. The molecule has 0 aromatic heterocycles. The van der Waals surface area contributed by atoms with E-state index in [1.54, 1.807) is 37.6 Å². The molecule has 12 heteroatoms. The molecule has 0 spiro atoms. The largest absolute Gasteiger partial charge is 0.344 e. The Morgan fingerprint density at radius 3 is 1.40 bits per heavy atom. The highest BCUT2D eigenvalue weighted by atomic mass is 16.2. The Labute approximate surface area is 397 Å². The zero-order valence-corrected chi connectivity index (χ0v) is 39.7. The monoisotopic (exact) mass is 911 g/mol. The second-order valence-electron chi connectivity index (χ2n) is 18.5. The van der Waals surface area contributed by atoms with Gasteiger partial charge in [0.1, 0.15) is 18.1 Å². The summed E-state index contributed by atoms with van der Waals surface area (Å²) < 4.78 is 0. The predicted octanol–water partition coefficient (Wildman–Crippen LogP) is 7.24. The number of hydrogen-bond acceptors (Lipinski definition) is 7. The van der Waals surface area contributed by atoms with Gasteiger partial charge >= 0.3 is 0 Å². The van der Waals surface area contributed by atoms with Gasteiger partial charge in [-0.25, -0.2) is 0 Å². The van der Waals surface area contributed by atoms with Gasteiger partial charge in [0, 0.05) is 31.3 Å². The van der Waals surface area contributed by atoms with Gasteiger partial charge in [-0.2, -0.15) is 0 Å². The third kappa shape index (κ3) is 13.7. The molecule has 0 bridgehead atoms. The number of nitrogens with one attached hydrogen (secondary N) is 4. The predicted molar refractivity (Wildman–Crippen MR) is 262 cm³/mol. The van der Waals surface area contributed by atoms with E-state index in [9.17, 15) is 28.8 Å². The van der Waals surface area contributed by atoms with Gasteiger partial charge in [0.25, 0.3) is 0 Å². The van der Waals surface area contributed by atoms with Gasteiger partial charge in [-0.3, -0.25) is 28.8 Å². The molecule has 2 saturated heterocycles. The van der Waals surface area contributed by atoms with Crippen LogP contribution in [0.25, 0.3) is 0 Å². The average molecular weight is 911 g/mol. The van der Waals surface area contributed by atoms with Gasteiger partial charge in [0.2, 0.25) is 29.5 Å². The summed E-state index contributed by atoms with van der Waals surface area (Å²) in [6.45, 7) is 6.18. The van der Waals surface area contributed by atoms with E-state index in [4.69, 9.17) is 0 Å². The summed E-state index contributed by atoms with van der Waals surface area (Å²) in [5.41, 5.74) is 3.96. The van der Waals surface area contributed by atoms with Crippen molar-refractivity contribution >= 4 is 35.3 Å². The number of unbranched alkanes of at least 4 members (excludes halogenated alkanes) is 3. The minimum atomic E-state index is -0.808. The second kappa shape index (κ2) is 25.1. The number of hydrogen-bond donors (Lipinski definition) is 4. The summed E-state index contributed by atoms with van der Waals surface area (Å²) >= 11 is 0. The first-order valence-electron chi connectivity index (χ1n) is 24.4. The van der Waals surface area contributed by atoms with E-state index in [-0.39, 0.29) is 53.6 Å². The Morgan fingerprint density at radius 2 is 0.955 bits per heavy atom. The molecule has 0 unspecified atom stereocenters. The molecular weight excluding hydrogens is 841 g/mol. The van der Waals surface area contributed by atoms with Crippen molar-refractivity contribution in [1.29, 1.82) is 0 Å². The molecule has 2 heterocycles. The molecule has 12 nitrogen and oxygen atoms in total. The summed E-state index contributed by atoms with van der Waals surface area (Å²) in [6.07, 6.45) is 6.19. The van der Waals surface area contributed by atoms with Crippen LogP contribution in [0.5, 0.6) is 0 Å². The number of rotatable bonds is 23. The van der Waals surface area contributed by atoms with Gasteiger partial charge in [-0.1, -0.05) is 161 Å². The smallest absolute Gasteiger partial charge is 0.245 e. The van der Waals surface area contributed by atoms with Crippen LogP contribution < -0.4 is 21.3 Å². The molecule has 0 saturated carbocycles. The molecule has 0 radical (unpaired) electrons. The highest BCUT2D eigenvalue weighted by Gasteiger charge is 2.40. The fourth-order valence-corrected chi connectivity index (χ4v) is 9.42. The van der Waals surface area contributed by atoms with E-state index in [2.05, 4.69) is 21.3 Å². The van der Waals surface area contributed by atoms with Gasteiger partial charge < -0.3 is 31.1 Å². The zero-order valence-electron chi connectivity index (χ0n) is 39.7. The number of Topliss-reactive ketones (excluding diaryl/α,β-unsaturated/α-hetero) is 1. The minimum Gasteiger partial charge on any atom is -0.344 e. The fourth-order valence-electron chi connectivity index (χ4n) is 9.42. The SMILES string of the molecule is CN[C@@H](C)C(=O)N[C@@H](CCCCCC[C@H](NC(=O)C(C)C)C(=O)N1CCC[C@H]1C(=O)NC(c1ccccc1)c1ccccc1)C(=O)N1CCC[C@H]1C(=O)CC(c1ccccc1)c1ccccc1. The number of benzene rings is 4. The number of ketones is 1. The maximum Gasteiger partial charge on any atom is 0.245 e. The Hall–Kier alpha value is -6.14. The number of likely N-dealkylation sites (N-methyl/N-ethyl adjacent to an activating group) is 1. The lowest BCUT2D eigenvalue weighted by molar-refractivity contribution is -0.142. The molecule has 4 aromatic carbocycles. The van der Waals surface area contributed by atoms with Crippen LogP contribution in [0.3, 0.4) is 0 Å². The molecule has 4 N–H and O–H groups in total. The van der Waals surface area contributed by atoms with Crippen LogP contribution in [0.2, 0.25) is 0 Å². The zero-order chi connectivity index (χ0) is 47.7. The molecule has 5 amide bonds. The first-order valence-corrected chi connectivity index (χ1v) is 24.4. The van der Waals surface area contributed by atoms with Crippen LogP contribution in [-0.4, -0.2) is 95.5 Å². The van der Waals surface area contributed by atoms with E-state index in [0.29, 0.717) is 77.3 Å². The highest BCUT2D eigenvalue weighted by molar-refractivity contribution is 5.95. The van der Waals surface area contributed by atoms with Crippen LogP contribution in [0.15, 0.2) is 121 Å². The summed E-state index contributed by atoms with van der Waals surface area (Å²) in [7, 11) is 1.69. The van der Waals surface area contributed by atoms with Crippen molar-refractivity contribution in [3.8, 4) is 0 Å². The van der Waals surface area contributed by atoms with E-state index >= 15 is 0 Å². The van der Waals surface area contributed by atoms with Crippen molar-refractivity contribution in [3.05, 3.63) is 144 Å². The van der Waals surface area contributed by atoms with Crippen molar-refractivity contribution in [2.45, 2.75) is 134 Å². The first-order chi connectivity index (χ1) is 32.5. The van der Waals surface area contributed by atoms with Gasteiger partial charge in [-0.15, -0.1) is 0 Å². The Kier molecular flexibility index (Phi) is 18.9. The number of likely N-dealkylation sites (tertiary alicyclic amines) is 2. The minimum absolute atomic E-state index is 0.00956. The van der Waals surface area contributed by atoms with E-state index < -0.39 is 36.3 Å². The number of carbonyl (C=O) groups is 6. The maximum absolute atomic E-state index is 14.4. The third-order valence-corrected chi connectivity index (χ3v) is 13.4. The van der Waals surface area contributed by atoms with Crippen LogP contribution in [0.1, 0.15) is 126 Å². The molecule has 356 valence electrons. The molecule has 6 rings (SSSR count). The van der Waals surface area contributed by atoms with E-state index in [1.165, 1.54) is 0 Å². The molecule has 5 atom stereocenters. The molecular formula is C55H70N6O6. The average Bonchev–Trinajstić information content (AvgIpc) is 4.07. The van der Waals surface area contributed by atoms with E-state index in [0.717, 1.165) is 22.3 Å².